The molecule has 4 rings (SSSR count). The topological polar surface area (TPSA) is 64.9 Å². The monoisotopic (exact) mass is 523 g/mol. The van der Waals surface area contributed by atoms with E-state index in [0.717, 1.165) is 29.3 Å². The third-order valence-electron chi connectivity index (χ3n) is 6.03. The maximum absolute atomic E-state index is 13.2. The van der Waals surface area contributed by atoms with E-state index in [4.69, 9.17) is 28.3 Å². The van der Waals surface area contributed by atoms with Crippen LogP contribution in [0.2, 0.25) is 10.0 Å². The first-order valence-electron chi connectivity index (χ1n) is 10.4. The van der Waals surface area contributed by atoms with Crippen LogP contribution in [0.25, 0.3) is 0 Å². The number of carbonyl (C=O) groups is 1. The highest BCUT2D eigenvalue weighted by Gasteiger charge is 2.41. The van der Waals surface area contributed by atoms with E-state index >= 15 is 0 Å². The van der Waals surface area contributed by atoms with Gasteiger partial charge in [-0.25, -0.2) is 0 Å². The molecule has 0 radical (unpaired) electrons. The Kier molecular flexibility index (Phi) is 6.92. The van der Waals surface area contributed by atoms with E-state index in [2.05, 4.69) is 21.2 Å². The molecule has 0 spiro atoms. The van der Waals surface area contributed by atoms with E-state index < -0.39 is 6.10 Å². The van der Waals surface area contributed by atoms with E-state index in [9.17, 15) is 9.90 Å². The van der Waals surface area contributed by atoms with Crippen LogP contribution in [0.3, 0.4) is 0 Å². The molecule has 1 fully saturated rings. The number of hydrazone groups is 1. The summed E-state index contributed by atoms with van der Waals surface area (Å²) in [6.45, 7) is 1.99. The molecule has 0 saturated heterocycles. The average Bonchev–Trinajstić information content (AvgIpc) is 3.07. The van der Waals surface area contributed by atoms with Crippen molar-refractivity contribution in [3.05, 3.63) is 62.5 Å². The highest BCUT2D eigenvalue weighted by atomic mass is 79.9. The molecule has 1 saturated carbocycles. The normalized spacial score (nSPS) is 26.0. The van der Waals surface area contributed by atoms with Gasteiger partial charge in [0.05, 0.1) is 28.9 Å². The number of nitrogens with one attached hydrogen (secondary N) is 1. The first kappa shape index (κ1) is 22.6. The van der Waals surface area contributed by atoms with E-state index in [1.165, 1.54) is 0 Å². The van der Waals surface area contributed by atoms with Crippen LogP contribution in [0.5, 0.6) is 0 Å². The largest absolute Gasteiger partial charge is 0.391 e. The Hall–Kier alpha value is -1.60. The van der Waals surface area contributed by atoms with Crippen molar-refractivity contribution >= 4 is 56.4 Å². The maximum atomic E-state index is 13.2. The summed E-state index contributed by atoms with van der Waals surface area (Å²) < 4.78 is 0.975. The minimum atomic E-state index is -0.515. The van der Waals surface area contributed by atoms with Crippen LogP contribution in [0.15, 0.2) is 52.0 Å². The lowest BCUT2D eigenvalue weighted by atomic mass is 9.89. The van der Waals surface area contributed by atoms with Crippen molar-refractivity contribution in [2.45, 2.75) is 50.8 Å². The van der Waals surface area contributed by atoms with Gasteiger partial charge in [-0.3, -0.25) is 9.80 Å². The van der Waals surface area contributed by atoms with Crippen molar-refractivity contribution < 1.29 is 9.90 Å². The smallest absolute Gasteiger partial charge is 0.268 e. The minimum Gasteiger partial charge on any atom is -0.391 e. The SMILES string of the molecule is CC1C(C(=O)N[C@H]2CCCC[C@@H]2O)=NN(c2ccc(Cl)cc2Cl)C1c1ccc(Br)cc1. The van der Waals surface area contributed by atoms with Crippen molar-refractivity contribution in [2.24, 2.45) is 11.0 Å². The van der Waals surface area contributed by atoms with Gasteiger partial charge in [0, 0.05) is 15.4 Å². The Labute approximate surface area is 200 Å². The van der Waals surface area contributed by atoms with Gasteiger partial charge in [-0.1, -0.05) is 71.0 Å². The molecule has 2 aromatic carbocycles. The predicted octanol–water partition coefficient (Wildman–Crippen LogP) is 5.73. The molecule has 2 N–H and O–H groups in total. The van der Waals surface area contributed by atoms with E-state index in [-0.39, 0.29) is 23.9 Å². The molecular formula is C23H24BrCl2N3O2. The summed E-state index contributed by atoms with van der Waals surface area (Å²) in [4.78, 5) is 13.2. The Bertz CT molecular complexity index is 999. The van der Waals surface area contributed by atoms with Gasteiger partial charge in [-0.2, -0.15) is 5.10 Å². The number of hydrogen-bond donors (Lipinski definition) is 2. The van der Waals surface area contributed by atoms with Crippen LogP contribution >= 0.6 is 39.1 Å². The van der Waals surface area contributed by atoms with Gasteiger partial charge in [-0.15, -0.1) is 0 Å². The van der Waals surface area contributed by atoms with Gasteiger partial charge >= 0.3 is 0 Å². The molecule has 31 heavy (non-hydrogen) atoms. The summed E-state index contributed by atoms with van der Waals surface area (Å²) >= 11 is 16.1. The maximum Gasteiger partial charge on any atom is 0.268 e. The Morgan fingerprint density at radius 2 is 1.87 bits per heavy atom. The molecule has 2 aromatic rings. The predicted molar refractivity (Wildman–Crippen MR) is 129 cm³/mol. The van der Waals surface area contributed by atoms with Gasteiger partial charge in [-0.05, 0) is 48.7 Å². The van der Waals surface area contributed by atoms with Gasteiger partial charge in [0.15, 0.2) is 0 Å². The summed E-state index contributed by atoms with van der Waals surface area (Å²) in [5.74, 6) is -0.429. The quantitative estimate of drug-likeness (QED) is 0.536. The van der Waals surface area contributed by atoms with Crippen LogP contribution < -0.4 is 10.3 Å². The van der Waals surface area contributed by atoms with Crippen LogP contribution in [-0.4, -0.2) is 28.9 Å². The molecule has 164 valence electrons. The summed E-state index contributed by atoms with van der Waals surface area (Å²) in [6, 6.07) is 12.8. The molecule has 2 aliphatic rings. The van der Waals surface area contributed by atoms with Crippen LogP contribution in [-0.2, 0) is 4.79 Å². The zero-order chi connectivity index (χ0) is 22.1. The van der Waals surface area contributed by atoms with Gasteiger partial charge < -0.3 is 10.4 Å². The van der Waals surface area contributed by atoms with E-state index in [0.29, 0.717) is 27.9 Å². The second kappa shape index (κ2) is 9.49. The highest BCUT2D eigenvalue weighted by molar-refractivity contribution is 9.10. The second-order valence-corrected chi connectivity index (χ2v) is 9.90. The summed E-state index contributed by atoms with van der Waals surface area (Å²) in [5, 5.41) is 20.8. The molecule has 0 aromatic heterocycles. The van der Waals surface area contributed by atoms with Crippen molar-refractivity contribution in [3.63, 3.8) is 0 Å². The Morgan fingerprint density at radius 1 is 1.16 bits per heavy atom. The highest BCUT2D eigenvalue weighted by Crippen LogP contribution is 2.42. The average molecular weight is 525 g/mol. The van der Waals surface area contributed by atoms with Crippen molar-refractivity contribution in [1.29, 1.82) is 0 Å². The number of aliphatic hydroxyl groups is 1. The van der Waals surface area contributed by atoms with E-state index in [1.54, 1.807) is 17.1 Å². The number of halogens is 3. The summed E-state index contributed by atoms with van der Waals surface area (Å²) in [6.07, 6.45) is 2.95. The lowest BCUT2D eigenvalue weighted by Crippen LogP contribution is -2.48. The third kappa shape index (κ3) is 4.77. The summed E-state index contributed by atoms with van der Waals surface area (Å²) in [5.41, 5.74) is 2.13. The minimum absolute atomic E-state index is 0.186. The first-order valence-corrected chi connectivity index (χ1v) is 12.0. The first-order chi connectivity index (χ1) is 14.8. The molecule has 0 bridgehead atoms. The molecule has 1 aliphatic heterocycles. The van der Waals surface area contributed by atoms with Gasteiger partial charge in [0.1, 0.15) is 5.71 Å². The lowest BCUT2D eigenvalue weighted by molar-refractivity contribution is -0.116. The Balaban J connectivity index is 1.68. The lowest BCUT2D eigenvalue weighted by Gasteiger charge is -2.29. The Morgan fingerprint density at radius 3 is 2.55 bits per heavy atom. The van der Waals surface area contributed by atoms with E-state index in [1.807, 2.05) is 37.3 Å². The number of anilines is 1. The zero-order valence-electron chi connectivity index (χ0n) is 17.1. The number of aliphatic hydroxyl groups excluding tert-OH is 1. The fraction of sp³-hybridized carbons (Fsp3) is 0.391. The third-order valence-corrected chi connectivity index (χ3v) is 7.10. The number of nitrogens with zero attached hydrogens (tertiary/aromatic N) is 2. The zero-order valence-corrected chi connectivity index (χ0v) is 20.2. The standard InChI is InChI=1S/C23H24BrCl2N3O2/c1-13-21(23(31)27-18-4-2-3-5-20(18)30)28-29(19-11-10-16(25)12-17(19)26)22(13)14-6-8-15(24)9-7-14/h6-13,18,20,22,30H,2-5H2,1H3,(H,27,31)/t13?,18-,20-,22?/m0/s1. The number of hydrogen-bond acceptors (Lipinski definition) is 4. The van der Waals surface area contributed by atoms with Gasteiger partial charge in [0.25, 0.3) is 5.91 Å². The number of carbonyl (C=O) groups excluding carboxylic acids is 1. The number of benzene rings is 2. The molecule has 4 atom stereocenters. The fourth-order valence-corrected chi connectivity index (χ4v) is 5.12. The molecule has 1 amide bonds. The molecule has 2 unspecified atom stereocenters. The molecule has 8 heteroatoms. The second-order valence-electron chi connectivity index (χ2n) is 8.14. The van der Waals surface area contributed by atoms with Gasteiger partial charge in [0.2, 0.25) is 0 Å². The molecule has 1 heterocycles. The van der Waals surface area contributed by atoms with Crippen LogP contribution in [0.4, 0.5) is 5.69 Å². The number of rotatable bonds is 4. The van der Waals surface area contributed by atoms with Crippen molar-refractivity contribution in [2.75, 3.05) is 5.01 Å². The van der Waals surface area contributed by atoms with Crippen LogP contribution in [0.1, 0.15) is 44.2 Å². The number of amides is 1. The molecule has 1 aliphatic carbocycles. The van der Waals surface area contributed by atoms with Crippen LogP contribution in [0, 0.1) is 5.92 Å². The van der Waals surface area contributed by atoms with Crippen molar-refractivity contribution in [3.8, 4) is 0 Å². The molecule has 5 nitrogen and oxygen atoms in total. The summed E-state index contributed by atoms with van der Waals surface area (Å²) in [7, 11) is 0. The fourth-order valence-electron chi connectivity index (χ4n) is 4.37. The van der Waals surface area contributed by atoms with Crippen molar-refractivity contribution in [1.82, 2.24) is 5.32 Å². The molecular weight excluding hydrogens is 501 g/mol.